The van der Waals surface area contributed by atoms with Gasteiger partial charge in [-0.05, 0) is 25.3 Å². The number of para-hydroxylation sites is 1. The van der Waals surface area contributed by atoms with Crippen molar-refractivity contribution in [2.45, 2.75) is 57.5 Å². The summed E-state index contributed by atoms with van der Waals surface area (Å²) in [5.74, 6) is 1.35. The highest BCUT2D eigenvalue weighted by Crippen LogP contribution is 2.40. The van der Waals surface area contributed by atoms with E-state index in [4.69, 9.17) is 4.74 Å². The number of hydrogen-bond acceptors (Lipinski definition) is 2. The van der Waals surface area contributed by atoms with Crippen molar-refractivity contribution in [2.24, 2.45) is 0 Å². The molecule has 2 nitrogen and oxygen atoms in total. The summed E-state index contributed by atoms with van der Waals surface area (Å²) in [5.41, 5.74) is 0.748. The molecule has 18 heavy (non-hydrogen) atoms. The highest BCUT2D eigenvalue weighted by atomic mass is 16.5. The first-order valence-corrected chi connectivity index (χ1v) is 7.12. The van der Waals surface area contributed by atoms with Gasteiger partial charge in [-0.1, -0.05) is 44.9 Å². The number of rotatable bonds is 6. The van der Waals surface area contributed by atoms with Gasteiger partial charge in [0, 0.05) is 11.5 Å². The molecule has 0 amide bonds. The molecule has 0 radical (unpaired) electrons. The SMILES string of the molecule is CCCC(O)(CCC)CC1COc2ccccc21. The Morgan fingerprint density at radius 1 is 1.22 bits per heavy atom. The van der Waals surface area contributed by atoms with E-state index in [1.165, 1.54) is 5.56 Å². The lowest BCUT2D eigenvalue weighted by molar-refractivity contribution is 0.00466. The molecule has 1 N–H and O–H groups in total. The lowest BCUT2D eigenvalue weighted by Crippen LogP contribution is -2.31. The van der Waals surface area contributed by atoms with Gasteiger partial charge < -0.3 is 9.84 Å². The van der Waals surface area contributed by atoms with Crippen molar-refractivity contribution in [1.82, 2.24) is 0 Å². The van der Waals surface area contributed by atoms with Gasteiger partial charge >= 0.3 is 0 Å². The fraction of sp³-hybridized carbons (Fsp3) is 0.625. The van der Waals surface area contributed by atoms with Crippen molar-refractivity contribution in [3.63, 3.8) is 0 Å². The minimum absolute atomic E-state index is 0.351. The number of benzene rings is 1. The minimum atomic E-state index is -0.519. The number of fused-ring (bicyclic) bond motifs is 1. The molecule has 0 saturated heterocycles. The molecular formula is C16H24O2. The predicted octanol–water partition coefficient (Wildman–Crippen LogP) is 3.88. The van der Waals surface area contributed by atoms with Crippen LogP contribution in [-0.2, 0) is 0 Å². The highest BCUT2D eigenvalue weighted by Gasteiger charge is 2.33. The second-order valence-corrected chi connectivity index (χ2v) is 5.47. The Morgan fingerprint density at radius 2 is 1.89 bits per heavy atom. The molecule has 0 fully saturated rings. The molecule has 0 bridgehead atoms. The third kappa shape index (κ3) is 2.86. The molecule has 1 heterocycles. The molecule has 0 aromatic heterocycles. The van der Waals surface area contributed by atoms with Crippen molar-refractivity contribution < 1.29 is 9.84 Å². The van der Waals surface area contributed by atoms with Crippen LogP contribution in [0.15, 0.2) is 24.3 Å². The first-order chi connectivity index (χ1) is 8.68. The Morgan fingerprint density at radius 3 is 2.56 bits per heavy atom. The van der Waals surface area contributed by atoms with Gasteiger partial charge in [0.25, 0.3) is 0 Å². The zero-order valence-corrected chi connectivity index (χ0v) is 11.5. The highest BCUT2D eigenvalue weighted by molar-refractivity contribution is 5.39. The molecular weight excluding hydrogens is 224 g/mol. The van der Waals surface area contributed by atoms with E-state index in [-0.39, 0.29) is 0 Å². The Balaban J connectivity index is 2.09. The van der Waals surface area contributed by atoms with Gasteiger partial charge in [0.2, 0.25) is 0 Å². The van der Waals surface area contributed by atoms with Crippen LogP contribution in [0.5, 0.6) is 5.75 Å². The van der Waals surface area contributed by atoms with Gasteiger partial charge in [-0.2, -0.15) is 0 Å². The fourth-order valence-electron chi connectivity index (χ4n) is 3.12. The topological polar surface area (TPSA) is 29.5 Å². The summed E-state index contributed by atoms with van der Waals surface area (Å²) >= 11 is 0. The zero-order valence-electron chi connectivity index (χ0n) is 11.5. The number of ether oxygens (including phenoxy) is 1. The van der Waals surface area contributed by atoms with Gasteiger partial charge in [-0.25, -0.2) is 0 Å². The molecule has 1 aliphatic rings. The molecule has 0 spiro atoms. The summed E-state index contributed by atoms with van der Waals surface area (Å²) in [7, 11) is 0. The van der Waals surface area contributed by atoms with Crippen LogP contribution < -0.4 is 4.74 Å². The van der Waals surface area contributed by atoms with Gasteiger partial charge in [0.05, 0.1) is 12.2 Å². The average Bonchev–Trinajstić information content (AvgIpc) is 2.73. The van der Waals surface area contributed by atoms with Gasteiger partial charge in [0.1, 0.15) is 5.75 Å². The van der Waals surface area contributed by atoms with Crippen LogP contribution in [0.25, 0.3) is 0 Å². The van der Waals surface area contributed by atoms with E-state index in [1.807, 2.05) is 12.1 Å². The second kappa shape index (κ2) is 5.75. The largest absolute Gasteiger partial charge is 0.493 e. The van der Waals surface area contributed by atoms with Gasteiger partial charge in [-0.3, -0.25) is 0 Å². The van der Waals surface area contributed by atoms with E-state index in [2.05, 4.69) is 26.0 Å². The Hall–Kier alpha value is -1.02. The van der Waals surface area contributed by atoms with E-state index in [0.717, 1.165) is 44.5 Å². The van der Waals surface area contributed by atoms with E-state index >= 15 is 0 Å². The Kier molecular flexibility index (Phi) is 4.28. The Bertz CT molecular complexity index is 380. The first-order valence-electron chi connectivity index (χ1n) is 7.12. The summed E-state index contributed by atoms with van der Waals surface area (Å²) in [6.45, 7) is 4.99. The number of aliphatic hydroxyl groups is 1. The van der Waals surface area contributed by atoms with Crippen LogP contribution in [0.1, 0.15) is 57.4 Å². The molecule has 100 valence electrons. The van der Waals surface area contributed by atoms with Crippen molar-refractivity contribution in [2.75, 3.05) is 6.61 Å². The molecule has 2 rings (SSSR count). The molecule has 0 saturated carbocycles. The van der Waals surface area contributed by atoms with Crippen LogP contribution in [0.2, 0.25) is 0 Å². The van der Waals surface area contributed by atoms with Crippen LogP contribution in [0.4, 0.5) is 0 Å². The predicted molar refractivity (Wildman–Crippen MR) is 74.1 cm³/mol. The van der Waals surface area contributed by atoms with Crippen molar-refractivity contribution in [3.05, 3.63) is 29.8 Å². The standard InChI is InChI=1S/C16H24O2/c1-3-9-16(17,10-4-2)11-13-12-18-15-8-6-5-7-14(13)15/h5-8,13,17H,3-4,9-12H2,1-2H3. The molecule has 1 atom stereocenters. The summed E-state index contributed by atoms with van der Waals surface area (Å²) < 4.78 is 5.70. The monoisotopic (exact) mass is 248 g/mol. The first kappa shape index (κ1) is 13.4. The van der Waals surface area contributed by atoms with Crippen molar-refractivity contribution in [1.29, 1.82) is 0 Å². The minimum Gasteiger partial charge on any atom is -0.493 e. The summed E-state index contributed by atoms with van der Waals surface area (Å²) in [6.07, 6.45) is 4.67. The smallest absolute Gasteiger partial charge is 0.122 e. The number of hydrogen-bond donors (Lipinski definition) is 1. The second-order valence-electron chi connectivity index (χ2n) is 5.47. The molecule has 1 aromatic carbocycles. The van der Waals surface area contributed by atoms with Crippen LogP contribution >= 0.6 is 0 Å². The normalized spacial score (nSPS) is 18.5. The van der Waals surface area contributed by atoms with Crippen molar-refractivity contribution >= 4 is 0 Å². The van der Waals surface area contributed by atoms with Gasteiger partial charge in [0.15, 0.2) is 0 Å². The maximum absolute atomic E-state index is 10.7. The third-order valence-corrected chi connectivity index (χ3v) is 3.86. The molecule has 1 aliphatic heterocycles. The van der Waals surface area contributed by atoms with E-state index in [0.29, 0.717) is 5.92 Å². The van der Waals surface area contributed by atoms with Gasteiger partial charge in [-0.15, -0.1) is 0 Å². The third-order valence-electron chi connectivity index (χ3n) is 3.86. The summed E-state index contributed by atoms with van der Waals surface area (Å²) in [6, 6.07) is 8.21. The molecule has 0 aliphatic carbocycles. The fourth-order valence-corrected chi connectivity index (χ4v) is 3.12. The lowest BCUT2D eigenvalue weighted by atomic mass is 9.81. The van der Waals surface area contributed by atoms with Crippen LogP contribution in [0, 0.1) is 0 Å². The van der Waals surface area contributed by atoms with Crippen LogP contribution in [0.3, 0.4) is 0 Å². The van der Waals surface area contributed by atoms with E-state index in [9.17, 15) is 5.11 Å². The molecule has 2 heteroatoms. The maximum Gasteiger partial charge on any atom is 0.122 e. The molecule has 1 aromatic rings. The average molecular weight is 248 g/mol. The zero-order chi connectivity index (χ0) is 13.0. The van der Waals surface area contributed by atoms with E-state index < -0.39 is 5.60 Å². The maximum atomic E-state index is 10.7. The quantitative estimate of drug-likeness (QED) is 0.827. The summed E-state index contributed by atoms with van der Waals surface area (Å²) in [5, 5.41) is 10.7. The summed E-state index contributed by atoms with van der Waals surface area (Å²) in [4.78, 5) is 0. The molecule has 1 unspecified atom stereocenters. The van der Waals surface area contributed by atoms with E-state index in [1.54, 1.807) is 0 Å². The Labute approximate surface area is 110 Å². The van der Waals surface area contributed by atoms with Crippen molar-refractivity contribution in [3.8, 4) is 5.75 Å². The lowest BCUT2D eigenvalue weighted by Gasteiger charge is -2.30. The van der Waals surface area contributed by atoms with Crippen LogP contribution in [-0.4, -0.2) is 17.3 Å².